The van der Waals surface area contributed by atoms with Crippen molar-refractivity contribution < 1.29 is 18.0 Å². The lowest BCUT2D eigenvalue weighted by Crippen LogP contribution is -2.36. The summed E-state index contributed by atoms with van der Waals surface area (Å²) in [5, 5.41) is 0. The molecule has 0 fully saturated rings. The largest absolute Gasteiger partial charge is 0.293 e. The summed E-state index contributed by atoms with van der Waals surface area (Å²) in [5.41, 5.74) is 0.714. The predicted molar refractivity (Wildman–Crippen MR) is 74.1 cm³/mol. The van der Waals surface area contributed by atoms with Crippen molar-refractivity contribution in [1.82, 2.24) is 0 Å². The molecule has 4 nitrogen and oxygen atoms in total. The molecular formula is C14H9ClO4S. The normalized spacial score (nSPS) is 24.9. The van der Waals surface area contributed by atoms with Crippen molar-refractivity contribution >= 4 is 31.3 Å². The molecule has 1 aromatic rings. The van der Waals surface area contributed by atoms with Gasteiger partial charge >= 0.3 is 0 Å². The summed E-state index contributed by atoms with van der Waals surface area (Å²) < 4.78 is 22.7. The quantitative estimate of drug-likeness (QED) is 0.747. The van der Waals surface area contributed by atoms with Gasteiger partial charge in [-0.1, -0.05) is 36.4 Å². The van der Waals surface area contributed by atoms with Gasteiger partial charge in [0.15, 0.2) is 11.6 Å². The molecule has 102 valence electrons. The molecular weight excluding hydrogens is 300 g/mol. The molecule has 0 unspecified atom stereocenters. The second-order valence-corrected chi connectivity index (χ2v) is 7.26. The van der Waals surface area contributed by atoms with Gasteiger partial charge in [-0.05, 0) is 6.08 Å². The van der Waals surface area contributed by atoms with Gasteiger partial charge < -0.3 is 0 Å². The maximum absolute atomic E-state index is 12.4. The van der Waals surface area contributed by atoms with Crippen LogP contribution in [0.15, 0.2) is 47.4 Å². The highest BCUT2D eigenvalue weighted by atomic mass is 35.7. The van der Waals surface area contributed by atoms with E-state index in [1.165, 1.54) is 18.2 Å². The van der Waals surface area contributed by atoms with Gasteiger partial charge in [-0.2, -0.15) is 0 Å². The number of hydrogen-bond donors (Lipinski definition) is 0. The molecule has 0 radical (unpaired) electrons. The summed E-state index contributed by atoms with van der Waals surface area (Å²) in [6, 6.07) is 6.55. The zero-order valence-electron chi connectivity index (χ0n) is 10.1. The summed E-state index contributed by atoms with van der Waals surface area (Å²) in [6.07, 6.45) is 3.99. The Hall–Kier alpha value is -1.72. The number of fused-ring (bicyclic) bond motifs is 2. The van der Waals surface area contributed by atoms with E-state index in [2.05, 4.69) is 0 Å². The summed E-state index contributed by atoms with van der Waals surface area (Å²) in [6.45, 7) is 0. The highest BCUT2D eigenvalue weighted by molar-refractivity contribution is 8.17. The summed E-state index contributed by atoms with van der Waals surface area (Å²) >= 11 is 0. The SMILES string of the molecule is O=C1c2ccccc2C(=O)[C@@H]2C=CC(S(=O)(=O)Cl)=C[C@H]12. The molecule has 0 saturated heterocycles. The van der Waals surface area contributed by atoms with Crippen molar-refractivity contribution in [2.24, 2.45) is 11.8 Å². The van der Waals surface area contributed by atoms with Gasteiger partial charge in [0.2, 0.25) is 0 Å². The molecule has 0 spiro atoms. The fourth-order valence-electron chi connectivity index (χ4n) is 2.58. The fourth-order valence-corrected chi connectivity index (χ4v) is 3.44. The number of halogens is 1. The van der Waals surface area contributed by atoms with Crippen LogP contribution >= 0.6 is 10.7 Å². The Kier molecular flexibility index (Phi) is 2.92. The first-order valence-electron chi connectivity index (χ1n) is 5.92. The Morgan fingerprint density at radius 1 is 0.950 bits per heavy atom. The third-order valence-corrected chi connectivity index (χ3v) is 4.91. The van der Waals surface area contributed by atoms with Gasteiger partial charge in [0.25, 0.3) is 9.05 Å². The first-order valence-corrected chi connectivity index (χ1v) is 8.22. The highest BCUT2D eigenvalue weighted by Crippen LogP contribution is 2.36. The van der Waals surface area contributed by atoms with Crippen molar-refractivity contribution in [3.05, 3.63) is 58.5 Å². The molecule has 20 heavy (non-hydrogen) atoms. The monoisotopic (exact) mass is 308 g/mol. The number of rotatable bonds is 1. The first kappa shape index (κ1) is 13.3. The molecule has 0 amide bonds. The minimum Gasteiger partial charge on any atom is -0.293 e. The molecule has 6 heteroatoms. The van der Waals surface area contributed by atoms with Crippen LogP contribution in [0, 0.1) is 11.8 Å². The molecule has 1 aromatic carbocycles. The molecule has 0 aromatic heterocycles. The minimum absolute atomic E-state index is 0.138. The third kappa shape index (κ3) is 1.94. The van der Waals surface area contributed by atoms with Gasteiger partial charge in [0.05, 0.1) is 16.7 Å². The van der Waals surface area contributed by atoms with E-state index in [4.69, 9.17) is 10.7 Å². The molecule has 2 aliphatic rings. The standard InChI is InChI=1S/C14H9ClO4S/c15-20(18,19)8-5-6-11-12(7-8)14(17)10-4-2-1-3-9(10)13(11)16/h1-7,11-12H/t11-,12+/m1/s1. The van der Waals surface area contributed by atoms with Gasteiger partial charge in [0.1, 0.15) is 0 Å². The van der Waals surface area contributed by atoms with Crippen molar-refractivity contribution in [1.29, 1.82) is 0 Å². The number of carbonyl (C=O) groups excluding carboxylic acids is 2. The Morgan fingerprint density at radius 2 is 1.50 bits per heavy atom. The zero-order chi connectivity index (χ0) is 14.5. The topological polar surface area (TPSA) is 68.3 Å². The van der Waals surface area contributed by atoms with E-state index in [1.54, 1.807) is 24.3 Å². The van der Waals surface area contributed by atoms with Crippen LogP contribution in [-0.4, -0.2) is 20.0 Å². The summed E-state index contributed by atoms with van der Waals surface area (Å²) in [7, 11) is 1.37. The van der Waals surface area contributed by atoms with E-state index in [0.29, 0.717) is 11.1 Å². The zero-order valence-corrected chi connectivity index (χ0v) is 11.7. The van der Waals surface area contributed by atoms with Crippen molar-refractivity contribution in [3.63, 3.8) is 0 Å². The van der Waals surface area contributed by atoms with E-state index >= 15 is 0 Å². The van der Waals surface area contributed by atoms with Crippen LogP contribution in [0.3, 0.4) is 0 Å². The summed E-state index contributed by atoms with van der Waals surface area (Å²) in [5.74, 6) is -1.89. The van der Waals surface area contributed by atoms with E-state index in [0.717, 1.165) is 0 Å². The van der Waals surface area contributed by atoms with Crippen molar-refractivity contribution in [2.45, 2.75) is 0 Å². The van der Waals surface area contributed by atoms with Crippen LogP contribution in [0.1, 0.15) is 20.7 Å². The van der Waals surface area contributed by atoms with E-state index in [1.807, 2.05) is 0 Å². The lowest BCUT2D eigenvalue weighted by atomic mass is 9.72. The maximum Gasteiger partial charge on any atom is 0.261 e. The van der Waals surface area contributed by atoms with Crippen LogP contribution in [0.5, 0.6) is 0 Å². The smallest absolute Gasteiger partial charge is 0.261 e. The Morgan fingerprint density at radius 3 is 2.05 bits per heavy atom. The lowest BCUT2D eigenvalue weighted by Gasteiger charge is -2.29. The Bertz CT molecular complexity index is 789. The number of allylic oxidation sites excluding steroid dienone is 3. The minimum atomic E-state index is -3.91. The average molecular weight is 309 g/mol. The predicted octanol–water partition coefficient (Wildman–Crippen LogP) is 2.32. The molecule has 0 aliphatic heterocycles. The molecule has 0 bridgehead atoms. The lowest BCUT2D eigenvalue weighted by molar-refractivity contribution is 0.0801. The van der Waals surface area contributed by atoms with E-state index in [-0.39, 0.29) is 16.5 Å². The number of hydrogen-bond acceptors (Lipinski definition) is 4. The van der Waals surface area contributed by atoms with Gasteiger partial charge in [-0.15, -0.1) is 0 Å². The Balaban J connectivity index is 2.15. The van der Waals surface area contributed by atoms with E-state index in [9.17, 15) is 18.0 Å². The van der Waals surface area contributed by atoms with Crippen LogP contribution < -0.4 is 0 Å². The van der Waals surface area contributed by atoms with E-state index < -0.39 is 20.9 Å². The van der Waals surface area contributed by atoms with Crippen LogP contribution in [-0.2, 0) is 9.05 Å². The van der Waals surface area contributed by atoms with Crippen LogP contribution in [0.25, 0.3) is 0 Å². The Labute approximate surface area is 120 Å². The first-order chi connectivity index (χ1) is 9.39. The maximum atomic E-state index is 12.4. The second-order valence-electron chi connectivity index (χ2n) is 4.69. The molecule has 3 rings (SSSR count). The van der Waals surface area contributed by atoms with Gasteiger partial charge in [0, 0.05) is 21.8 Å². The third-order valence-electron chi connectivity index (χ3n) is 3.54. The van der Waals surface area contributed by atoms with Crippen molar-refractivity contribution in [2.75, 3.05) is 0 Å². The molecule has 2 atom stereocenters. The van der Waals surface area contributed by atoms with Crippen LogP contribution in [0.2, 0.25) is 0 Å². The fraction of sp³-hybridized carbons (Fsp3) is 0.143. The number of carbonyl (C=O) groups is 2. The molecule has 2 aliphatic carbocycles. The second kappa shape index (κ2) is 4.40. The molecule has 0 saturated carbocycles. The summed E-state index contributed by atoms with van der Waals surface area (Å²) in [4.78, 5) is 24.6. The van der Waals surface area contributed by atoms with Gasteiger partial charge in [-0.25, -0.2) is 8.42 Å². The van der Waals surface area contributed by atoms with Crippen LogP contribution in [0.4, 0.5) is 0 Å². The number of ketones is 2. The number of Topliss-reactive ketones (excluding diaryl/α,β-unsaturated/α-hetero) is 2. The number of benzene rings is 1. The average Bonchev–Trinajstić information content (AvgIpc) is 2.43. The van der Waals surface area contributed by atoms with Crippen molar-refractivity contribution in [3.8, 4) is 0 Å². The highest BCUT2D eigenvalue weighted by Gasteiger charge is 2.41. The van der Waals surface area contributed by atoms with Gasteiger partial charge in [-0.3, -0.25) is 9.59 Å². The molecule has 0 N–H and O–H groups in total. The molecule has 0 heterocycles.